The fourth-order valence-electron chi connectivity index (χ4n) is 1.82. The fourth-order valence-corrected chi connectivity index (χ4v) is 2.89. The standard InChI is InChI=1S/C15H13BrO3S/c1-20(18,19)10-11-2-4-12(5-3-11)15(17)13-6-8-14(16)9-7-13/h2-9H,10H2,1H3. The van der Waals surface area contributed by atoms with Gasteiger partial charge in [-0.25, -0.2) is 8.42 Å². The summed E-state index contributed by atoms with van der Waals surface area (Å²) >= 11 is 3.32. The highest BCUT2D eigenvalue weighted by Crippen LogP contribution is 2.15. The van der Waals surface area contributed by atoms with Crippen LogP contribution in [0.3, 0.4) is 0 Å². The lowest BCUT2D eigenvalue weighted by Gasteiger charge is -2.04. The van der Waals surface area contributed by atoms with Gasteiger partial charge in [-0.15, -0.1) is 0 Å². The Labute approximate surface area is 126 Å². The van der Waals surface area contributed by atoms with Gasteiger partial charge < -0.3 is 0 Å². The van der Waals surface area contributed by atoms with Gasteiger partial charge in [0.05, 0.1) is 5.75 Å². The highest BCUT2D eigenvalue weighted by molar-refractivity contribution is 9.10. The molecule has 5 heteroatoms. The minimum absolute atomic E-state index is 0.0141. The second-order valence-corrected chi connectivity index (χ2v) is 7.66. The van der Waals surface area contributed by atoms with Crippen molar-refractivity contribution in [2.45, 2.75) is 5.75 Å². The molecule has 0 aliphatic rings. The van der Waals surface area contributed by atoms with Gasteiger partial charge in [0.15, 0.2) is 15.6 Å². The van der Waals surface area contributed by atoms with Gasteiger partial charge in [-0.3, -0.25) is 4.79 Å². The van der Waals surface area contributed by atoms with Crippen LogP contribution >= 0.6 is 15.9 Å². The Kier molecular flexibility index (Phi) is 4.40. The van der Waals surface area contributed by atoms with Crippen LogP contribution < -0.4 is 0 Å². The average molecular weight is 353 g/mol. The van der Waals surface area contributed by atoms with Crippen LogP contribution in [0.4, 0.5) is 0 Å². The minimum atomic E-state index is -3.06. The van der Waals surface area contributed by atoms with E-state index in [1.54, 1.807) is 36.4 Å². The lowest BCUT2D eigenvalue weighted by atomic mass is 10.0. The molecule has 0 radical (unpaired) electrons. The van der Waals surface area contributed by atoms with E-state index in [2.05, 4.69) is 15.9 Å². The molecule has 2 aromatic carbocycles. The first-order chi connectivity index (χ1) is 9.35. The number of carbonyl (C=O) groups is 1. The number of benzene rings is 2. The summed E-state index contributed by atoms with van der Waals surface area (Å²) in [6.45, 7) is 0. The van der Waals surface area contributed by atoms with Crippen LogP contribution in [0.2, 0.25) is 0 Å². The van der Waals surface area contributed by atoms with Crippen LogP contribution in [0, 0.1) is 0 Å². The summed E-state index contributed by atoms with van der Waals surface area (Å²) in [5.41, 5.74) is 1.83. The maximum atomic E-state index is 12.2. The van der Waals surface area contributed by atoms with Crippen LogP contribution in [0.1, 0.15) is 21.5 Å². The molecular weight excluding hydrogens is 340 g/mol. The molecule has 0 atom stereocenters. The molecule has 0 saturated carbocycles. The lowest BCUT2D eigenvalue weighted by Crippen LogP contribution is -2.03. The molecule has 2 rings (SSSR count). The molecule has 2 aromatic rings. The Morgan fingerprint density at radius 2 is 1.40 bits per heavy atom. The maximum absolute atomic E-state index is 12.2. The molecule has 0 saturated heterocycles. The van der Waals surface area contributed by atoms with Crippen LogP contribution in [0.15, 0.2) is 53.0 Å². The largest absolute Gasteiger partial charge is 0.289 e. The van der Waals surface area contributed by atoms with Crippen molar-refractivity contribution in [2.24, 2.45) is 0 Å². The van der Waals surface area contributed by atoms with E-state index in [0.29, 0.717) is 16.7 Å². The summed E-state index contributed by atoms with van der Waals surface area (Å²) in [7, 11) is -3.06. The third-order valence-electron chi connectivity index (χ3n) is 2.75. The first-order valence-electron chi connectivity index (χ1n) is 5.92. The van der Waals surface area contributed by atoms with Gasteiger partial charge in [0.25, 0.3) is 0 Å². The summed E-state index contributed by atoms with van der Waals surface area (Å²) in [6, 6.07) is 13.8. The van der Waals surface area contributed by atoms with Crippen molar-refractivity contribution in [3.05, 3.63) is 69.7 Å². The van der Waals surface area contributed by atoms with Crippen molar-refractivity contribution in [3.63, 3.8) is 0 Å². The number of rotatable bonds is 4. The summed E-state index contributed by atoms with van der Waals surface area (Å²) in [5, 5.41) is 0. The Hall–Kier alpha value is -1.46. The van der Waals surface area contributed by atoms with Crippen LogP contribution in [-0.2, 0) is 15.6 Å². The smallest absolute Gasteiger partial charge is 0.193 e. The maximum Gasteiger partial charge on any atom is 0.193 e. The fraction of sp³-hybridized carbons (Fsp3) is 0.133. The van der Waals surface area contributed by atoms with E-state index in [1.807, 2.05) is 12.1 Å². The summed E-state index contributed by atoms with van der Waals surface area (Å²) in [6.07, 6.45) is 1.19. The predicted molar refractivity (Wildman–Crippen MR) is 82.6 cm³/mol. The van der Waals surface area contributed by atoms with Gasteiger partial charge in [-0.05, 0) is 29.8 Å². The molecule has 0 aromatic heterocycles. The molecule has 0 unspecified atom stereocenters. The molecule has 20 heavy (non-hydrogen) atoms. The number of hydrogen-bond acceptors (Lipinski definition) is 3. The van der Waals surface area contributed by atoms with Gasteiger partial charge in [-0.1, -0.05) is 40.2 Å². The molecule has 0 bridgehead atoms. The zero-order chi connectivity index (χ0) is 14.8. The highest BCUT2D eigenvalue weighted by atomic mass is 79.9. The van der Waals surface area contributed by atoms with E-state index in [9.17, 15) is 13.2 Å². The van der Waals surface area contributed by atoms with E-state index in [1.165, 1.54) is 6.26 Å². The number of ketones is 1. The van der Waals surface area contributed by atoms with Crippen molar-refractivity contribution < 1.29 is 13.2 Å². The van der Waals surface area contributed by atoms with Crippen molar-refractivity contribution in [1.29, 1.82) is 0 Å². The monoisotopic (exact) mass is 352 g/mol. The number of hydrogen-bond donors (Lipinski definition) is 0. The van der Waals surface area contributed by atoms with E-state index in [-0.39, 0.29) is 11.5 Å². The van der Waals surface area contributed by atoms with E-state index >= 15 is 0 Å². The van der Waals surface area contributed by atoms with Crippen molar-refractivity contribution in [3.8, 4) is 0 Å². The molecule has 0 heterocycles. The quantitative estimate of drug-likeness (QED) is 0.793. The highest BCUT2D eigenvalue weighted by Gasteiger charge is 2.10. The SMILES string of the molecule is CS(=O)(=O)Cc1ccc(C(=O)c2ccc(Br)cc2)cc1. The first kappa shape index (κ1) is 14.9. The Morgan fingerprint density at radius 3 is 1.85 bits per heavy atom. The number of carbonyl (C=O) groups excluding carboxylic acids is 1. The molecule has 0 spiro atoms. The van der Waals surface area contributed by atoms with Crippen molar-refractivity contribution in [1.82, 2.24) is 0 Å². The molecule has 104 valence electrons. The van der Waals surface area contributed by atoms with Gasteiger partial charge in [0, 0.05) is 21.9 Å². The third-order valence-corrected chi connectivity index (χ3v) is 4.14. The molecule has 3 nitrogen and oxygen atoms in total. The van der Waals surface area contributed by atoms with Gasteiger partial charge in [0.2, 0.25) is 0 Å². The van der Waals surface area contributed by atoms with E-state index in [0.717, 1.165) is 4.47 Å². The number of sulfone groups is 1. The summed E-state index contributed by atoms with van der Waals surface area (Å²) in [5.74, 6) is -0.0943. The molecule has 0 aliphatic heterocycles. The first-order valence-corrected chi connectivity index (χ1v) is 8.77. The van der Waals surface area contributed by atoms with Crippen LogP contribution in [0.5, 0.6) is 0 Å². The second-order valence-electron chi connectivity index (χ2n) is 4.60. The Morgan fingerprint density at radius 1 is 0.950 bits per heavy atom. The van der Waals surface area contributed by atoms with Gasteiger partial charge in [-0.2, -0.15) is 0 Å². The van der Waals surface area contributed by atoms with Crippen LogP contribution in [0.25, 0.3) is 0 Å². The summed E-state index contributed by atoms with van der Waals surface area (Å²) < 4.78 is 23.3. The van der Waals surface area contributed by atoms with Gasteiger partial charge >= 0.3 is 0 Å². The minimum Gasteiger partial charge on any atom is -0.289 e. The van der Waals surface area contributed by atoms with E-state index < -0.39 is 9.84 Å². The van der Waals surface area contributed by atoms with Gasteiger partial charge in [0.1, 0.15) is 0 Å². The molecule has 0 aliphatic carbocycles. The Balaban J connectivity index is 2.21. The zero-order valence-corrected chi connectivity index (χ0v) is 13.2. The average Bonchev–Trinajstić information content (AvgIpc) is 2.38. The predicted octanol–water partition coefficient (Wildman–Crippen LogP) is 3.22. The van der Waals surface area contributed by atoms with E-state index in [4.69, 9.17) is 0 Å². The molecule has 0 fully saturated rings. The molecular formula is C15H13BrO3S. The summed E-state index contributed by atoms with van der Waals surface area (Å²) in [4.78, 5) is 12.2. The van der Waals surface area contributed by atoms with Crippen molar-refractivity contribution >= 4 is 31.6 Å². The lowest BCUT2D eigenvalue weighted by molar-refractivity contribution is 0.103. The molecule has 0 amide bonds. The Bertz CT molecular complexity index is 717. The third kappa shape index (κ3) is 4.02. The topological polar surface area (TPSA) is 51.2 Å². The molecule has 0 N–H and O–H groups in total. The zero-order valence-electron chi connectivity index (χ0n) is 10.8. The van der Waals surface area contributed by atoms with Crippen LogP contribution in [-0.4, -0.2) is 20.5 Å². The normalized spacial score (nSPS) is 11.3. The number of halogens is 1. The second kappa shape index (κ2) is 5.89. The van der Waals surface area contributed by atoms with Crippen molar-refractivity contribution in [2.75, 3.05) is 6.26 Å².